The molecule has 0 spiro atoms. The van der Waals surface area contributed by atoms with Crippen molar-refractivity contribution in [2.45, 2.75) is 13.8 Å². The lowest BCUT2D eigenvalue weighted by Gasteiger charge is -2.09. The Balaban J connectivity index is 1.94. The van der Waals surface area contributed by atoms with Crippen LogP contribution in [-0.2, 0) is 4.79 Å². The van der Waals surface area contributed by atoms with E-state index in [9.17, 15) is 4.79 Å². The average molecular weight is 324 g/mol. The van der Waals surface area contributed by atoms with Gasteiger partial charge in [-0.3, -0.25) is 4.79 Å². The van der Waals surface area contributed by atoms with Crippen molar-refractivity contribution in [3.8, 4) is 5.75 Å². The second kappa shape index (κ2) is 6.83. The lowest BCUT2D eigenvalue weighted by molar-refractivity contribution is -0.118. The third kappa shape index (κ3) is 4.66. The standard InChI is InChI=1S/C16H15Cl2NO2/c1-10-5-11(2)7-13(6-10)21-9-16(20)19-12-3-4-14(17)15(18)8-12/h3-8H,9H2,1-2H3,(H,19,20). The number of hydrogen-bond donors (Lipinski definition) is 1. The lowest BCUT2D eigenvalue weighted by atomic mass is 10.1. The zero-order valence-electron chi connectivity index (χ0n) is 11.7. The Morgan fingerprint density at radius 1 is 1.05 bits per heavy atom. The number of benzene rings is 2. The Bertz CT molecular complexity index is 651. The molecular formula is C16H15Cl2NO2. The topological polar surface area (TPSA) is 38.3 Å². The van der Waals surface area contributed by atoms with E-state index in [0.29, 0.717) is 21.5 Å². The van der Waals surface area contributed by atoms with Crippen molar-refractivity contribution in [1.82, 2.24) is 0 Å². The van der Waals surface area contributed by atoms with Crippen LogP contribution < -0.4 is 10.1 Å². The molecule has 1 amide bonds. The summed E-state index contributed by atoms with van der Waals surface area (Å²) >= 11 is 11.7. The Morgan fingerprint density at radius 3 is 2.33 bits per heavy atom. The van der Waals surface area contributed by atoms with Crippen LogP contribution in [0.4, 0.5) is 5.69 Å². The van der Waals surface area contributed by atoms with Crippen LogP contribution >= 0.6 is 23.2 Å². The number of hydrogen-bond acceptors (Lipinski definition) is 2. The summed E-state index contributed by atoms with van der Waals surface area (Å²) in [5.74, 6) is 0.421. The van der Waals surface area contributed by atoms with Gasteiger partial charge in [-0.1, -0.05) is 29.3 Å². The highest BCUT2D eigenvalue weighted by Gasteiger charge is 2.06. The van der Waals surface area contributed by atoms with Crippen molar-refractivity contribution in [3.63, 3.8) is 0 Å². The van der Waals surface area contributed by atoms with Gasteiger partial charge >= 0.3 is 0 Å². The Morgan fingerprint density at radius 2 is 1.71 bits per heavy atom. The summed E-state index contributed by atoms with van der Waals surface area (Å²) < 4.78 is 5.48. The smallest absolute Gasteiger partial charge is 0.262 e. The number of amides is 1. The van der Waals surface area contributed by atoms with Crippen LogP contribution in [0.5, 0.6) is 5.75 Å². The molecule has 5 heteroatoms. The molecule has 0 aromatic heterocycles. The maximum absolute atomic E-state index is 11.8. The number of rotatable bonds is 4. The molecule has 2 aromatic rings. The summed E-state index contributed by atoms with van der Waals surface area (Å²) in [4.78, 5) is 11.8. The SMILES string of the molecule is Cc1cc(C)cc(OCC(=O)Nc2ccc(Cl)c(Cl)c2)c1. The Kier molecular flexibility index (Phi) is 5.10. The van der Waals surface area contributed by atoms with E-state index in [0.717, 1.165) is 11.1 Å². The van der Waals surface area contributed by atoms with Crippen LogP contribution in [0.25, 0.3) is 0 Å². The molecule has 21 heavy (non-hydrogen) atoms. The van der Waals surface area contributed by atoms with Crippen molar-refractivity contribution in [2.75, 3.05) is 11.9 Å². The minimum absolute atomic E-state index is 0.0663. The molecule has 0 saturated heterocycles. The predicted octanol–water partition coefficient (Wildman–Crippen LogP) is 4.63. The molecule has 0 aliphatic carbocycles. The first-order valence-corrected chi connectivity index (χ1v) is 7.15. The highest BCUT2D eigenvalue weighted by Crippen LogP contribution is 2.25. The molecule has 3 nitrogen and oxygen atoms in total. The van der Waals surface area contributed by atoms with Gasteiger partial charge in [0.2, 0.25) is 0 Å². The zero-order chi connectivity index (χ0) is 15.4. The first-order chi connectivity index (χ1) is 9.94. The van der Waals surface area contributed by atoms with Crippen molar-refractivity contribution in [2.24, 2.45) is 0 Å². The van der Waals surface area contributed by atoms with Gasteiger partial charge in [-0.05, 0) is 55.3 Å². The minimum atomic E-state index is -0.257. The Hall–Kier alpha value is -1.71. The van der Waals surface area contributed by atoms with Gasteiger partial charge in [0.25, 0.3) is 5.91 Å². The molecule has 0 heterocycles. The minimum Gasteiger partial charge on any atom is -0.484 e. The molecule has 0 aliphatic heterocycles. The van der Waals surface area contributed by atoms with E-state index in [4.69, 9.17) is 27.9 Å². The monoisotopic (exact) mass is 323 g/mol. The van der Waals surface area contributed by atoms with E-state index in [1.54, 1.807) is 18.2 Å². The van der Waals surface area contributed by atoms with Gasteiger partial charge in [0.05, 0.1) is 10.0 Å². The molecule has 0 unspecified atom stereocenters. The molecule has 2 rings (SSSR count). The Labute approximate surface area is 133 Å². The third-order valence-electron chi connectivity index (χ3n) is 2.77. The van der Waals surface area contributed by atoms with Gasteiger partial charge in [-0.15, -0.1) is 0 Å². The van der Waals surface area contributed by atoms with Crippen molar-refractivity contribution in [1.29, 1.82) is 0 Å². The van der Waals surface area contributed by atoms with Crippen molar-refractivity contribution in [3.05, 3.63) is 57.6 Å². The normalized spacial score (nSPS) is 10.3. The van der Waals surface area contributed by atoms with E-state index >= 15 is 0 Å². The van der Waals surface area contributed by atoms with Crippen LogP contribution in [0.15, 0.2) is 36.4 Å². The maximum Gasteiger partial charge on any atom is 0.262 e. The zero-order valence-corrected chi connectivity index (χ0v) is 13.3. The largest absolute Gasteiger partial charge is 0.484 e. The van der Waals surface area contributed by atoms with Gasteiger partial charge < -0.3 is 10.1 Å². The summed E-state index contributed by atoms with van der Waals surface area (Å²) in [5, 5.41) is 3.54. The molecular weight excluding hydrogens is 309 g/mol. The summed E-state index contributed by atoms with van der Waals surface area (Å²) in [7, 11) is 0. The summed E-state index contributed by atoms with van der Waals surface area (Å²) in [6.07, 6.45) is 0. The highest BCUT2D eigenvalue weighted by atomic mass is 35.5. The fourth-order valence-electron chi connectivity index (χ4n) is 1.94. The van der Waals surface area contributed by atoms with Gasteiger partial charge in [-0.25, -0.2) is 0 Å². The van der Waals surface area contributed by atoms with Gasteiger partial charge in [-0.2, -0.15) is 0 Å². The number of nitrogens with one attached hydrogen (secondary N) is 1. The van der Waals surface area contributed by atoms with Gasteiger partial charge in [0, 0.05) is 5.69 Å². The number of aryl methyl sites for hydroxylation is 2. The molecule has 0 atom stereocenters. The van der Waals surface area contributed by atoms with Crippen LogP contribution in [0.3, 0.4) is 0 Å². The quantitative estimate of drug-likeness (QED) is 0.890. The van der Waals surface area contributed by atoms with E-state index < -0.39 is 0 Å². The molecule has 0 saturated carbocycles. The number of carbonyl (C=O) groups is 1. The van der Waals surface area contributed by atoms with E-state index in [1.807, 2.05) is 32.0 Å². The van der Waals surface area contributed by atoms with Crippen molar-refractivity contribution >= 4 is 34.8 Å². The van der Waals surface area contributed by atoms with Crippen LogP contribution in [-0.4, -0.2) is 12.5 Å². The molecule has 0 radical (unpaired) electrons. The van der Waals surface area contributed by atoms with E-state index in [-0.39, 0.29) is 12.5 Å². The average Bonchev–Trinajstić information content (AvgIpc) is 2.40. The number of carbonyl (C=O) groups excluding carboxylic acids is 1. The number of halogens is 2. The molecule has 1 N–H and O–H groups in total. The summed E-state index contributed by atoms with van der Waals surface area (Å²) in [5.41, 5.74) is 2.77. The van der Waals surface area contributed by atoms with Crippen LogP contribution in [0, 0.1) is 13.8 Å². The summed E-state index contributed by atoms with van der Waals surface area (Å²) in [6.45, 7) is 3.90. The van der Waals surface area contributed by atoms with Crippen LogP contribution in [0.1, 0.15) is 11.1 Å². The third-order valence-corrected chi connectivity index (χ3v) is 3.51. The fourth-order valence-corrected chi connectivity index (χ4v) is 2.23. The fraction of sp³-hybridized carbons (Fsp3) is 0.188. The summed E-state index contributed by atoms with van der Waals surface area (Å²) in [6, 6.07) is 10.7. The maximum atomic E-state index is 11.8. The predicted molar refractivity (Wildman–Crippen MR) is 86.5 cm³/mol. The molecule has 0 bridgehead atoms. The molecule has 110 valence electrons. The van der Waals surface area contributed by atoms with Crippen LogP contribution in [0.2, 0.25) is 10.0 Å². The molecule has 0 fully saturated rings. The number of ether oxygens (including phenoxy) is 1. The second-order valence-corrected chi connectivity index (χ2v) is 5.60. The van der Waals surface area contributed by atoms with Crippen molar-refractivity contribution < 1.29 is 9.53 Å². The van der Waals surface area contributed by atoms with Gasteiger partial charge in [0.1, 0.15) is 5.75 Å². The first kappa shape index (κ1) is 15.7. The highest BCUT2D eigenvalue weighted by molar-refractivity contribution is 6.42. The van der Waals surface area contributed by atoms with E-state index in [2.05, 4.69) is 5.32 Å². The molecule has 0 aliphatic rings. The second-order valence-electron chi connectivity index (χ2n) is 4.79. The number of anilines is 1. The lowest BCUT2D eigenvalue weighted by Crippen LogP contribution is -2.20. The first-order valence-electron chi connectivity index (χ1n) is 6.40. The molecule has 2 aromatic carbocycles. The van der Waals surface area contributed by atoms with Gasteiger partial charge in [0.15, 0.2) is 6.61 Å². The van der Waals surface area contributed by atoms with E-state index in [1.165, 1.54) is 0 Å².